The lowest BCUT2D eigenvalue weighted by Gasteiger charge is -2.09. The van der Waals surface area contributed by atoms with Gasteiger partial charge in [0.05, 0.1) is 10.9 Å². The van der Waals surface area contributed by atoms with Crippen molar-refractivity contribution in [1.29, 1.82) is 0 Å². The molecule has 0 spiro atoms. The number of ketones is 1. The van der Waals surface area contributed by atoms with Crippen LogP contribution in [0.3, 0.4) is 0 Å². The van der Waals surface area contributed by atoms with E-state index in [0.29, 0.717) is 23.2 Å². The van der Waals surface area contributed by atoms with Crippen LogP contribution in [0.2, 0.25) is 0 Å². The summed E-state index contributed by atoms with van der Waals surface area (Å²) >= 11 is 3.18. The van der Waals surface area contributed by atoms with Gasteiger partial charge in [-0.2, -0.15) is 0 Å². The first-order chi connectivity index (χ1) is 9.81. The number of alkyl halides is 1. The maximum Gasteiger partial charge on any atom is 0.177 e. The van der Waals surface area contributed by atoms with Crippen molar-refractivity contribution >= 4 is 21.7 Å². The van der Waals surface area contributed by atoms with Crippen molar-refractivity contribution in [3.05, 3.63) is 65.7 Å². The second-order valence-corrected chi connectivity index (χ2v) is 4.39. The van der Waals surface area contributed by atoms with Crippen LogP contribution in [0.15, 0.2) is 54.6 Å². The van der Waals surface area contributed by atoms with Crippen LogP contribution in [0, 0.1) is 0 Å². The summed E-state index contributed by atoms with van der Waals surface area (Å²) < 4.78 is 5.70. The predicted molar refractivity (Wildman–Crippen MR) is 86.7 cm³/mol. The maximum absolute atomic E-state index is 11.7. The van der Waals surface area contributed by atoms with Gasteiger partial charge in [-0.25, -0.2) is 0 Å². The number of carbonyl (C=O) groups is 1. The molecule has 0 atom stereocenters. The Morgan fingerprint density at radius 1 is 1.00 bits per heavy atom. The zero-order valence-electron chi connectivity index (χ0n) is 11.8. The van der Waals surface area contributed by atoms with Crippen LogP contribution in [-0.2, 0) is 6.61 Å². The highest BCUT2D eigenvalue weighted by atomic mass is 79.9. The number of hydrogen-bond donors (Lipinski definition) is 0. The highest BCUT2D eigenvalue weighted by molar-refractivity contribution is 9.09. The van der Waals surface area contributed by atoms with E-state index in [-0.39, 0.29) is 5.78 Å². The largest absolute Gasteiger partial charge is 0.488 e. The topological polar surface area (TPSA) is 26.3 Å². The van der Waals surface area contributed by atoms with Crippen LogP contribution in [0.4, 0.5) is 0 Å². The quantitative estimate of drug-likeness (QED) is 0.576. The van der Waals surface area contributed by atoms with Crippen molar-refractivity contribution in [3.63, 3.8) is 0 Å². The summed E-state index contributed by atoms with van der Waals surface area (Å²) in [6, 6.07) is 17.2. The smallest absolute Gasteiger partial charge is 0.177 e. The van der Waals surface area contributed by atoms with Crippen LogP contribution >= 0.6 is 15.9 Å². The van der Waals surface area contributed by atoms with Gasteiger partial charge in [0.15, 0.2) is 5.78 Å². The SMILES string of the molecule is CC.O=C(CBr)c1ccccc1OCc1ccccc1. The molecule has 2 aromatic carbocycles. The summed E-state index contributed by atoms with van der Waals surface area (Å²) in [5.41, 5.74) is 1.70. The van der Waals surface area contributed by atoms with Gasteiger partial charge < -0.3 is 4.74 Å². The van der Waals surface area contributed by atoms with E-state index in [0.717, 1.165) is 5.56 Å². The zero-order valence-corrected chi connectivity index (χ0v) is 13.4. The fourth-order valence-electron chi connectivity index (χ4n) is 1.63. The van der Waals surface area contributed by atoms with E-state index in [2.05, 4.69) is 15.9 Å². The van der Waals surface area contributed by atoms with Gasteiger partial charge in [-0.1, -0.05) is 72.2 Å². The van der Waals surface area contributed by atoms with Crippen molar-refractivity contribution in [2.24, 2.45) is 0 Å². The van der Waals surface area contributed by atoms with Crippen LogP contribution in [-0.4, -0.2) is 11.1 Å². The minimum Gasteiger partial charge on any atom is -0.488 e. The highest BCUT2D eigenvalue weighted by Gasteiger charge is 2.10. The predicted octanol–water partition coefficient (Wildman–Crippen LogP) is 4.87. The third kappa shape index (κ3) is 4.82. The standard InChI is InChI=1S/C15H13BrO2.C2H6/c16-10-14(17)13-8-4-5-9-15(13)18-11-12-6-2-1-3-7-12;1-2/h1-9H,10-11H2;1-2H3. The van der Waals surface area contributed by atoms with Gasteiger partial charge in [0, 0.05) is 0 Å². The summed E-state index contributed by atoms with van der Waals surface area (Å²) in [4.78, 5) is 11.7. The molecule has 0 aliphatic heterocycles. The summed E-state index contributed by atoms with van der Waals surface area (Å²) in [6.45, 7) is 4.47. The van der Waals surface area contributed by atoms with Crippen LogP contribution < -0.4 is 4.74 Å². The first-order valence-corrected chi connectivity index (χ1v) is 7.78. The number of hydrogen-bond acceptors (Lipinski definition) is 2. The van der Waals surface area contributed by atoms with Gasteiger partial charge in [-0.15, -0.1) is 0 Å². The second kappa shape index (κ2) is 9.32. The Kier molecular flexibility index (Phi) is 7.66. The van der Waals surface area contributed by atoms with Crippen molar-refractivity contribution in [3.8, 4) is 5.75 Å². The Bertz CT molecular complexity index is 524. The third-order valence-corrected chi connectivity index (χ3v) is 3.06. The van der Waals surface area contributed by atoms with E-state index in [1.165, 1.54) is 0 Å². The minimum atomic E-state index is 0.0265. The number of Topliss-reactive ketones (excluding diaryl/α,β-unsaturated/α-hetero) is 1. The first kappa shape index (κ1) is 16.4. The van der Waals surface area contributed by atoms with Gasteiger partial charge in [0.25, 0.3) is 0 Å². The molecule has 20 heavy (non-hydrogen) atoms. The summed E-state index contributed by atoms with van der Waals surface area (Å²) in [6.07, 6.45) is 0. The first-order valence-electron chi connectivity index (χ1n) is 6.66. The normalized spacial score (nSPS) is 9.35. The van der Waals surface area contributed by atoms with Crippen LogP contribution in [0.1, 0.15) is 29.8 Å². The van der Waals surface area contributed by atoms with Crippen molar-refractivity contribution in [1.82, 2.24) is 0 Å². The molecule has 0 radical (unpaired) electrons. The van der Waals surface area contributed by atoms with E-state index in [1.807, 2.05) is 62.4 Å². The monoisotopic (exact) mass is 334 g/mol. The van der Waals surface area contributed by atoms with Gasteiger partial charge in [0.2, 0.25) is 0 Å². The van der Waals surface area contributed by atoms with E-state index >= 15 is 0 Å². The van der Waals surface area contributed by atoms with Crippen LogP contribution in [0.25, 0.3) is 0 Å². The molecule has 0 bridgehead atoms. The molecule has 2 nitrogen and oxygen atoms in total. The molecular formula is C17H19BrO2. The molecule has 0 fully saturated rings. The van der Waals surface area contributed by atoms with Gasteiger partial charge >= 0.3 is 0 Å². The number of halogens is 1. The Morgan fingerprint density at radius 3 is 2.25 bits per heavy atom. The average molecular weight is 335 g/mol. The second-order valence-electron chi connectivity index (χ2n) is 3.83. The lowest BCUT2D eigenvalue weighted by Crippen LogP contribution is -2.04. The number of ether oxygens (including phenoxy) is 1. The molecule has 0 unspecified atom stereocenters. The van der Waals surface area contributed by atoms with Gasteiger partial charge in [-0.05, 0) is 17.7 Å². The molecule has 3 heteroatoms. The minimum absolute atomic E-state index is 0.0265. The summed E-state index contributed by atoms with van der Waals surface area (Å²) in [7, 11) is 0. The zero-order chi connectivity index (χ0) is 14.8. The number of para-hydroxylation sites is 1. The lowest BCUT2D eigenvalue weighted by atomic mass is 10.1. The number of benzene rings is 2. The van der Waals surface area contributed by atoms with Crippen molar-refractivity contribution in [2.75, 3.05) is 5.33 Å². The fraction of sp³-hybridized carbons (Fsp3) is 0.235. The molecule has 106 valence electrons. The molecule has 0 aliphatic carbocycles. The molecule has 0 aliphatic rings. The molecule has 0 N–H and O–H groups in total. The molecule has 0 saturated heterocycles. The number of rotatable bonds is 5. The lowest BCUT2D eigenvalue weighted by molar-refractivity contribution is 0.101. The Labute approximate surface area is 128 Å². The molecule has 0 amide bonds. The average Bonchev–Trinajstić information content (AvgIpc) is 2.55. The maximum atomic E-state index is 11.7. The van der Waals surface area contributed by atoms with E-state index in [9.17, 15) is 4.79 Å². The molecular weight excluding hydrogens is 316 g/mol. The van der Waals surface area contributed by atoms with Crippen LogP contribution in [0.5, 0.6) is 5.75 Å². The van der Waals surface area contributed by atoms with Crippen molar-refractivity contribution in [2.45, 2.75) is 20.5 Å². The Balaban J connectivity index is 0.000000956. The fourth-order valence-corrected chi connectivity index (χ4v) is 1.93. The van der Waals surface area contributed by atoms with Gasteiger partial charge in [-0.3, -0.25) is 4.79 Å². The Hall–Kier alpha value is -1.61. The van der Waals surface area contributed by atoms with Gasteiger partial charge in [0.1, 0.15) is 12.4 Å². The van der Waals surface area contributed by atoms with Crippen molar-refractivity contribution < 1.29 is 9.53 Å². The van der Waals surface area contributed by atoms with E-state index < -0.39 is 0 Å². The summed E-state index contributed by atoms with van der Waals surface area (Å²) in [5.74, 6) is 0.657. The Morgan fingerprint density at radius 2 is 1.60 bits per heavy atom. The highest BCUT2D eigenvalue weighted by Crippen LogP contribution is 2.20. The molecule has 0 saturated carbocycles. The summed E-state index contributed by atoms with van der Waals surface area (Å²) in [5, 5.41) is 0.304. The molecule has 0 heterocycles. The molecule has 2 aromatic rings. The van der Waals surface area contributed by atoms with E-state index in [1.54, 1.807) is 6.07 Å². The van der Waals surface area contributed by atoms with E-state index in [4.69, 9.17) is 4.74 Å². The number of carbonyl (C=O) groups excluding carboxylic acids is 1. The third-order valence-electron chi connectivity index (χ3n) is 2.55. The molecule has 2 rings (SSSR count). The molecule has 0 aromatic heterocycles.